The number of rotatable bonds is 4. The van der Waals surface area contributed by atoms with Crippen LogP contribution in [0.25, 0.3) is 20.8 Å². The number of hydrogen-bond donors (Lipinski definition) is 1. The lowest BCUT2D eigenvalue weighted by Crippen LogP contribution is -2.33. The number of nitro benzene ring substituents is 1. The molecule has 172 valence electrons. The van der Waals surface area contributed by atoms with E-state index in [9.17, 15) is 19.7 Å². The molecule has 3 heterocycles. The number of nitrogens with one attached hydrogen (secondary N) is 1. The van der Waals surface area contributed by atoms with Crippen LogP contribution >= 0.6 is 34.3 Å². The summed E-state index contributed by atoms with van der Waals surface area (Å²) in [5.41, 5.74) is 2.55. The molecule has 5 rings (SSSR count). The molecular formula is C23H17ClN4O4S2. The lowest BCUT2D eigenvalue weighted by atomic mass is 10.0. The van der Waals surface area contributed by atoms with E-state index in [0.717, 1.165) is 31.2 Å². The van der Waals surface area contributed by atoms with E-state index in [-0.39, 0.29) is 22.2 Å². The van der Waals surface area contributed by atoms with Gasteiger partial charge in [-0.05, 0) is 30.2 Å². The first-order valence-corrected chi connectivity index (χ1v) is 12.3. The van der Waals surface area contributed by atoms with Crippen LogP contribution in [0, 0.1) is 10.1 Å². The predicted octanol–water partition coefficient (Wildman–Crippen LogP) is 5.74. The number of anilines is 1. The van der Waals surface area contributed by atoms with Crippen LogP contribution in [-0.4, -0.2) is 33.2 Å². The third-order valence-corrected chi connectivity index (χ3v) is 8.16. The van der Waals surface area contributed by atoms with E-state index >= 15 is 0 Å². The Morgan fingerprint density at radius 3 is 2.74 bits per heavy atom. The first kappa shape index (κ1) is 22.5. The first-order chi connectivity index (χ1) is 16.3. The molecule has 8 nitrogen and oxygen atoms in total. The van der Waals surface area contributed by atoms with Crippen molar-refractivity contribution in [3.8, 4) is 10.6 Å². The van der Waals surface area contributed by atoms with Crippen molar-refractivity contribution < 1.29 is 14.5 Å². The highest BCUT2D eigenvalue weighted by atomic mass is 35.5. The molecule has 0 unspecified atom stereocenters. The molecule has 1 N–H and O–H groups in total. The number of non-ortho nitro benzene ring substituents is 1. The topological polar surface area (TPSA) is 105 Å². The average molecular weight is 513 g/mol. The highest BCUT2D eigenvalue weighted by Crippen LogP contribution is 2.46. The van der Waals surface area contributed by atoms with Crippen LogP contribution in [0.15, 0.2) is 42.5 Å². The molecule has 2 aromatic carbocycles. The molecule has 11 heteroatoms. The number of halogens is 1. The van der Waals surface area contributed by atoms with Crippen molar-refractivity contribution in [2.45, 2.75) is 19.9 Å². The SMILES string of the molecule is CC(=O)N1CCc2c(sc(NC(=O)c3cc([N+](=O)[O-])ccc3Cl)c2-c2nc3ccccc3s2)C1. The molecule has 0 saturated heterocycles. The molecule has 1 aliphatic heterocycles. The van der Waals surface area contributed by atoms with Gasteiger partial charge in [0.15, 0.2) is 0 Å². The zero-order valence-corrected chi connectivity index (χ0v) is 20.2. The summed E-state index contributed by atoms with van der Waals surface area (Å²) < 4.78 is 1.03. The van der Waals surface area contributed by atoms with Crippen LogP contribution in [-0.2, 0) is 17.8 Å². The number of para-hydroxylation sites is 1. The second kappa shape index (κ2) is 8.79. The Bertz CT molecular complexity index is 1450. The van der Waals surface area contributed by atoms with Crippen LogP contribution in [0.2, 0.25) is 5.02 Å². The second-order valence-corrected chi connectivity index (χ2v) is 10.3. The van der Waals surface area contributed by atoms with Crippen molar-refractivity contribution in [1.82, 2.24) is 9.88 Å². The fourth-order valence-electron chi connectivity index (χ4n) is 3.94. The number of thiophene rings is 1. The van der Waals surface area contributed by atoms with Gasteiger partial charge in [0, 0.05) is 36.0 Å². The number of aromatic nitrogens is 1. The summed E-state index contributed by atoms with van der Waals surface area (Å²) in [4.78, 5) is 43.3. The minimum absolute atomic E-state index is 0.00505. The van der Waals surface area contributed by atoms with Crippen LogP contribution < -0.4 is 5.32 Å². The number of nitrogens with zero attached hydrogens (tertiary/aromatic N) is 3. The van der Waals surface area contributed by atoms with Gasteiger partial charge in [0.2, 0.25) is 5.91 Å². The van der Waals surface area contributed by atoms with E-state index < -0.39 is 10.8 Å². The predicted molar refractivity (Wildman–Crippen MR) is 134 cm³/mol. The molecule has 0 saturated carbocycles. The Kier molecular flexibility index (Phi) is 5.80. The van der Waals surface area contributed by atoms with Crippen molar-refractivity contribution in [1.29, 1.82) is 0 Å². The third-order valence-electron chi connectivity index (χ3n) is 5.64. The van der Waals surface area contributed by atoms with E-state index in [1.54, 1.807) is 11.8 Å². The van der Waals surface area contributed by atoms with Gasteiger partial charge in [0.1, 0.15) is 10.0 Å². The first-order valence-electron chi connectivity index (χ1n) is 10.3. The number of fused-ring (bicyclic) bond motifs is 2. The van der Waals surface area contributed by atoms with Gasteiger partial charge >= 0.3 is 0 Å². The van der Waals surface area contributed by atoms with Crippen molar-refractivity contribution in [3.63, 3.8) is 0 Å². The van der Waals surface area contributed by atoms with Crippen LogP contribution in [0.1, 0.15) is 27.7 Å². The molecule has 0 aliphatic carbocycles. The molecule has 4 aromatic rings. The molecule has 0 atom stereocenters. The summed E-state index contributed by atoms with van der Waals surface area (Å²) in [5, 5.41) is 15.6. The smallest absolute Gasteiger partial charge is 0.270 e. The Labute approximate surface area is 207 Å². The molecule has 2 aromatic heterocycles. The molecule has 0 radical (unpaired) electrons. The van der Waals surface area contributed by atoms with Gasteiger partial charge in [-0.3, -0.25) is 19.7 Å². The van der Waals surface area contributed by atoms with Crippen molar-refractivity contribution >= 4 is 67.0 Å². The van der Waals surface area contributed by atoms with E-state index in [2.05, 4.69) is 5.32 Å². The number of nitro groups is 1. The summed E-state index contributed by atoms with van der Waals surface area (Å²) in [7, 11) is 0. The summed E-state index contributed by atoms with van der Waals surface area (Å²) in [6.45, 7) is 2.59. The number of benzene rings is 2. The quantitative estimate of drug-likeness (QED) is 0.277. The fraction of sp³-hybridized carbons (Fsp3) is 0.174. The Hall–Kier alpha value is -3.34. The Morgan fingerprint density at radius 1 is 1.21 bits per heavy atom. The molecule has 0 bridgehead atoms. The minimum atomic E-state index is -0.570. The maximum atomic E-state index is 13.2. The van der Waals surface area contributed by atoms with Gasteiger partial charge in [-0.1, -0.05) is 23.7 Å². The maximum Gasteiger partial charge on any atom is 0.270 e. The second-order valence-electron chi connectivity index (χ2n) is 7.76. The number of carbonyl (C=O) groups excluding carboxylic acids is 2. The standard InChI is InChI=1S/C23H17ClN4O4S2/c1-12(29)27-9-8-14-19(11-27)34-23(20(14)22-25-17-4-2-3-5-18(17)33-22)26-21(30)15-10-13(28(31)32)6-7-16(15)24/h2-7,10H,8-9,11H2,1H3,(H,26,30). The van der Waals surface area contributed by atoms with Gasteiger partial charge < -0.3 is 10.2 Å². The molecule has 34 heavy (non-hydrogen) atoms. The lowest BCUT2D eigenvalue weighted by molar-refractivity contribution is -0.384. The molecule has 0 spiro atoms. The highest BCUT2D eigenvalue weighted by Gasteiger charge is 2.29. The fourth-order valence-corrected chi connectivity index (χ4v) is 6.51. The van der Waals surface area contributed by atoms with Gasteiger partial charge in [0.05, 0.1) is 32.3 Å². The summed E-state index contributed by atoms with van der Waals surface area (Å²) in [5.74, 6) is -0.548. The zero-order chi connectivity index (χ0) is 24.0. The summed E-state index contributed by atoms with van der Waals surface area (Å²) in [6.07, 6.45) is 0.643. The average Bonchev–Trinajstić information content (AvgIpc) is 3.38. The van der Waals surface area contributed by atoms with Crippen LogP contribution in [0.3, 0.4) is 0 Å². The zero-order valence-electron chi connectivity index (χ0n) is 17.8. The maximum absolute atomic E-state index is 13.2. The number of hydrogen-bond acceptors (Lipinski definition) is 7. The minimum Gasteiger partial charge on any atom is -0.337 e. The number of amides is 2. The summed E-state index contributed by atoms with van der Waals surface area (Å²) >= 11 is 9.11. The van der Waals surface area contributed by atoms with E-state index in [1.807, 2.05) is 24.3 Å². The van der Waals surface area contributed by atoms with Crippen LogP contribution in [0.4, 0.5) is 10.7 Å². The summed E-state index contributed by atoms with van der Waals surface area (Å²) in [6, 6.07) is 11.6. The van der Waals surface area contributed by atoms with Gasteiger partial charge in [-0.15, -0.1) is 22.7 Å². The normalized spacial score (nSPS) is 13.1. The largest absolute Gasteiger partial charge is 0.337 e. The Balaban J connectivity index is 1.59. The number of carbonyl (C=O) groups is 2. The van der Waals surface area contributed by atoms with E-state index in [4.69, 9.17) is 16.6 Å². The van der Waals surface area contributed by atoms with Crippen molar-refractivity contribution in [2.24, 2.45) is 0 Å². The Morgan fingerprint density at radius 2 is 2.00 bits per heavy atom. The van der Waals surface area contributed by atoms with E-state index in [0.29, 0.717) is 24.5 Å². The van der Waals surface area contributed by atoms with Gasteiger partial charge in [0.25, 0.3) is 11.6 Å². The molecule has 0 fully saturated rings. The lowest BCUT2D eigenvalue weighted by Gasteiger charge is -2.26. The number of thiazole rings is 1. The molecule has 1 aliphatic rings. The monoisotopic (exact) mass is 512 g/mol. The van der Waals surface area contributed by atoms with E-state index in [1.165, 1.54) is 40.9 Å². The molecule has 2 amide bonds. The van der Waals surface area contributed by atoms with Crippen molar-refractivity contribution in [2.75, 3.05) is 11.9 Å². The highest BCUT2D eigenvalue weighted by molar-refractivity contribution is 7.23. The van der Waals surface area contributed by atoms with Crippen LogP contribution in [0.5, 0.6) is 0 Å². The third kappa shape index (κ3) is 4.04. The van der Waals surface area contributed by atoms with Gasteiger partial charge in [-0.25, -0.2) is 4.98 Å². The molecular weight excluding hydrogens is 496 g/mol. The van der Waals surface area contributed by atoms with Crippen molar-refractivity contribution in [3.05, 3.63) is 73.6 Å². The van der Waals surface area contributed by atoms with Gasteiger partial charge in [-0.2, -0.15) is 0 Å².